The largest absolute Gasteiger partial charge is 0.494 e. The van der Waals surface area contributed by atoms with Gasteiger partial charge in [-0.15, -0.1) is 11.3 Å². The second kappa shape index (κ2) is 7.85. The highest BCUT2D eigenvalue weighted by molar-refractivity contribution is 7.18. The van der Waals surface area contributed by atoms with Crippen molar-refractivity contribution >= 4 is 44.7 Å². The molecule has 2 aromatic carbocycles. The summed E-state index contributed by atoms with van der Waals surface area (Å²) in [6, 6.07) is 11.3. The van der Waals surface area contributed by atoms with Crippen LogP contribution >= 0.6 is 22.9 Å². The number of nitrogens with zero attached hydrogens (tertiary/aromatic N) is 1. The molecule has 1 N–H and O–H groups in total. The predicted molar refractivity (Wildman–Crippen MR) is 104 cm³/mol. The molecule has 1 heterocycles. The summed E-state index contributed by atoms with van der Waals surface area (Å²) >= 11 is 7.61. The van der Waals surface area contributed by atoms with Crippen molar-refractivity contribution in [2.24, 2.45) is 0 Å². The maximum absolute atomic E-state index is 12.1. The SMILES string of the molecule is Cc1nc2ccc(NC(=O)CCCOc3ccc(Cl)c(C)c3)cc2s1. The number of hydrogen-bond acceptors (Lipinski definition) is 4. The molecular weight excluding hydrogens is 356 g/mol. The zero-order chi connectivity index (χ0) is 17.8. The van der Waals surface area contributed by atoms with E-state index in [1.54, 1.807) is 11.3 Å². The topological polar surface area (TPSA) is 51.2 Å². The Labute approximate surface area is 155 Å². The van der Waals surface area contributed by atoms with Crippen molar-refractivity contribution in [1.82, 2.24) is 4.98 Å². The molecule has 0 aliphatic rings. The van der Waals surface area contributed by atoms with Crippen LogP contribution in [0.5, 0.6) is 5.75 Å². The molecule has 4 nitrogen and oxygen atoms in total. The third-order valence-corrected chi connectivity index (χ3v) is 5.08. The first-order valence-electron chi connectivity index (χ1n) is 8.07. The van der Waals surface area contributed by atoms with Crippen LogP contribution in [-0.2, 0) is 4.79 Å². The van der Waals surface area contributed by atoms with Gasteiger partial charge < -0.3 is 10.1 Å². The molecule has 3 rings (SSSR count). The minimum absolute atomic E-state index is 0.0172. The van der Waals surface area contributed by atoms with Crippen LogP contribution in [0.15, 0.2) is 36.4 Å². The number of rotatable bonds is 6. The highest BCUT2D eigenvalue weighted by atomic mass is 35.5. The quantitative estimate of drug-likeness (QED) is 0.590. The first-order chi connectivity index (χ1) is 12.0. The minimum atomic E-state index is -0.0172. The molecule has 0 saturated carbocycles. The van der Waals surface area contributed by atoms with Gasteiger partial charge in [-0.3, -0.25) is 4.79 Å². The molecule has 0 atom stereocenters. The summed E-state index contributed by atoms with van der Waals surface area (Å²) in [5.74, 6) is 0.754. The number of ether oxygens (including phenoxy) is 1. The van der Waals surface area contributed by atoms with E-state index in [2.05, 4.69) is 10.3 Å². The normalized spacial score (nSPS) is 10.8. The molecule has 1 aromatic heterocycles. The molecule has 3 aromatic rings. The van der Waals surface area contributed by atoms with Crippen molar-refractivity contribution in [2.75, 3.05) is 11.9 Å². The lowest BCUT2D eigenvalue weighted by molar-refractivity contribution is -0.116. The summed E-state index contributed by atoms with van der Waals surface area (Å²) in [6.07, 6.45) is 1.06. The number of nitrogens with one attached hydrogen (secondary N) is 1. The highest BCUT2D eigenvalue weighted by Gasteiger charge is 2.06. The van der Waals surface area contributed by atoms with E-state index in [1.807, 2.05) is 50.2 Å². The van der Waals surface area contributed by atoms with E-state index < -0.39 is 0 Å². The summed E-state index contributed by atoms with van der Waals surface area (Å²) in [5, 5.41) is 4.67. The van der Waals surface area contributed by atoms with Gasteiger partial charge in [-0.25, -0.2) is 4.98 Å². The molecule has 0 aliphatic carbocycles. The van der Waals surface area contributed by atoms with E-state index in [1.165, 1.54) is 0 Å². The second-order valence-electron chi connectivity index (χ2n) is 5.83. The van der Waals surface area contributed by atoms with Crippen LogP contribution in [0.25, 0.3) is 10.2 Å². The van der Waals surface area contributed by atoms with Crippen molar-refractivity contribution in [2.45, 2.75) is 26.7 Å². The Bertz CT molecular complexity index is 908. The van der Waals surface area contributed by atoms with Crippen LogP contribution in [0.2, 0.25) is 5.02 Å². The first-order valence-corrected chi connectivity index (χ1v) is 9.27. The first kappa shape index (κ1) is 17.7. The van der Waals surface area contributed by atoms with E-state index in [9.17, 15) is 4.79 Å². The van der Waals surface area contributed by atoms with Gasteiger partial charge in [0.25, 0.3) is 0 Å². The maximum Gasteiger partial charge on any atom is 0.224 e. The van der Waals surface area contributed by atoms with Crippen molar-refractivity contribution in [3.63, 3.8) is 0 Å². The van der Waals surface area contributed by atoms with Gasteiger partial charge in [-0.05, 0) is 62.2 Å². The van der Waals surface area contributed by atoms with Gasteiger partial charge in [-0.1, -0.05) is 11.6 Å². The van der Waals surface area contributed by atoms with Crippen molar-refractivity contribution < 1.29 is 9.53 Å². The van der Waals surface area contributed by atoms with Gasteiger partial charge in [0.15, 0.2) is 0 Å². The Morgan fingerprint density at radius 1 is 1.24 bits per heavy atom. The summed E-state index contributed by atoms with van der Waals surface area (Å²) in [7, 11) is 0. The third-order valence-electron chi connectivity index (χ3n) is 3.73. The molecular formula is C19H19ClN2O2S. The van der Waals surface area contributed by atoms with Gasteiger partial charge >= 0.3 is 0 Å². The number of benzene rings is 2. The average molecular weight is 375 g/mol. The molecule has 130 valence electrons. The van der Waals surface area contributed by atoms with Gasteiger partial charge in [0.05, 0.1) is 21.8 Å². The van der Waals surface area contributed by atoms with Gasteiger partial charge in [0, 0.05) is 17.1 Å². The lowest BCUT2D eigenvalue weighted by atomic mass is 10.2. The Balaban J connectivity index is 1.46. The second-order valence-corrected chi connectivity index (χ2v) is 7.47. The molecule has 1 amide bonds. The third kappa shape index (κ3) is 4.71. The van der Waals surface area contributed by atoms with Crippen LogP contribution in [0.3, 0.4) is 0 Å². The number of aryl methyl sites for hydroxylation is 2. The molecule has 0 bridgehead atoms. The lowest BCUT2D eigenvalue weighted by Gasteiger charge is -2.08. The van der Waals surface area contributed by atoms with Crippen molar-refractivity contribution in [3.8, 4) is 5.75 Å². The molecule has 0 radical (unpaired) electrons. The maximum atomic E-state index is 12.1. The molecule has 0 saturated heterocycles. The zero-order valence-electron chi connectivity index (χ0n) is 14.1. The Hall–Kier alpha value is -2.11. The molecule has 0 fully saturated rings. The van der Waals surface area contributed by atoms with E-state index in [4.69, 9.17) is 16.3 Å². The number of carbonyl (C=O) groups is 1. The number of aromatic nitrogens is 1. The summed E-state index contributed by atoms with van der Waals surface area (Å²) in [5.41, 5.74) is 2.74. The summed E-state index contributed by atoms with van der Waals surface area (Å²) < 4.78 is 6.74. The van der Waals surface area contributed by atoms with Crippen LogP contribution in [0, 0.1) is 13.8 Å². The van der Waals surface area contributed by atoms with Crippen LogP contribution in [0.4, 0.5) is 5.69 Å². The van der Waals surface area contributed by atoms with Gasteiger partial charge in [0.2, 0.25) is 5.91 Å². The number of halogens is 1. The monoisotopic (exact) mass is 374 g/mol. The lowest BCUT2D eigenvalue weighted by Crippen LogP contribution is -2.12. The number of hydrogen-bond donors (Lipinski definition) is 1. The number of carbonyl (C=O) groups excluding carboxylic acids is 1. The smallest absolute Gasteiger partial charge is 0.224 e. The number of thiazole rings is 1. The number of fused-ring (bicyclic) bond motifs is 1. The summed E-state index contributed by atoms with van der Waals surface area (Å²) in [4.78, 5) is 16.5. The molecule has 6 heteroatoms. The Morgan fingerprint density at radius 3 is 2.88 bits per heavy atom. The molecule has 0 unspecified atom stereocenters. The van der Waals surface area contributed by atoms with Crippen LogP contribution in [0.1, 0.15) is 23.4 Å². The van der Waals surface area contributed by atoms with E-state index in [-0.39, 0.29) is 5.91 Å². The zero-order valence-corrected chi connectivity index (χ0v) is 15.7. The fourth-order valence-electron chi connectivity index (χ4n) is 2.47. The fourth-order valence-corrected chi connectivity index (χ4v) is 3.45. The summed E-state index contributed by atoms with van der Waals surface area (Å²) in [6.45, 7) is 4.40. The van der Waals surface area contributed by atoms with Crippen molar-refractivity contribution in [1.29, 1.82) is 0 Å². The van der Waals surface area contributed by atoms with Crippen LogP contribution < -0.4 is 10.1 Å². The predicted octanol–water partition coefficient (Wildman–Crippen LogP) is 5.36. The highest BCUT2D eigenvalue weighted by Crippen LogP contribution is 2.25. The number of amides is 1. The molecule has 0 aliphatic heterocycles. The van der Waals surface area contributed by atoms with E-state index >= 15 is 0 Å². The van der Waals surface area contributed by atoms with Gasteiger partial charge in [-0.2, -0.15) is 0 Å². The van der Waals surface area contributed by atoms with Crippen molar-refractivity contribution in [3.05, 3.63) is 52.0 Å². The Morgan fingerprint density at radius 2 is 2.08 bits per heavy atom. The molecule has 25 heavy (non-hydrogen) atoms. The fraction of sp³-hybridized carbons (Fsp3) is 0.263. The number of anilines is 1. The van der Waals surface area contributed by atoms with E-state index in [0.717, 1.165) is 37.2 Å². The molecule has 0 spiro atoms. The Kier molecular flexibility index (Phi) is 5.56. The van der Waals surface area contributed by atoms with Gasteiger partial charge in [0.1, 0.15) is 5.75 Å². The van der Waals surface area contributed by atoms with E-state index in [0.29, 0.717) is 19.4 Å². The van der Waals surface area contributed by atoms with Crippen LogP contribution in [-0.4, -0.2) is 17.5 Å². The standard InChI is InChI=1S/C19H19ClN2O2S/c1-12-10-15(6-7-16(12)20)24-9-3-4-19(23)22-14-5-8-17-18(11-14)25-13(2)21-17/h5-8,10-11H,3-4,9H2,1-2H3,(H,22,23). The average Bonchev–Trinajstić information content (AvgIpc) is 2.94. The minimum Gasteiger partial charge on any atom is -0.494 e.